The van der Waals surface area contributed by atoms with Crippen LogP contribution in [-0.2, 0) is 11.0 Å². The smallest absolute Gasteiger partial charge is 0.416 e. The summed E-state index contributed by atoms with van der Waals surface area (Å²) in [6, 6.07) is 9.39. The molecule has 3 nitrogen and oxygen atoms in total. The Balaban J connectivity index is 1.98. The first-order valence-electron chi connectivity index (χ1n) is 6.62. The number of ether oxygens (including phenoxy) is 1. The molecule has 1 N–H and O–H groups in total. The maximum Gasteiger partial charge on any atom is 0.416 e. The second-order valence-corrected chi connectivity index (χ2v) is 5.18. The van der Waals surface area contributed by atoms with Gasteiger partial charge >= 0.3 is 6.18 Å². The van der Waals surface area contributed by atoms with Gasteiger partial charge in [-0.05, 0) is 42.8 Å². The van der Waals surface area contributed by atoms with E-state index in [2.05, 4.69) is 5.32 Å². The summed E-state index contributed by atoms with van der Waals surface area (Å²) in [6.07, 6.45) is -4.46. The van der Waals surface area contributed by atoms with Gasteiger partial charge in [0.2, 0.25) is 0 Å². The van der Waals surface area contributed by atoms with Gasteiger partial charge in [-0.25, -0.2) is 0 Å². The van der Waals surface area contributed by atoms with Crippen LogP contribution in [-0.4, -0.2) is 12.5 Å². The second kappa shape index (κ2) is 6.91. The van der Waals surface area contributed by atoms with Gasteiger partial charge < -0.3 is 10.1 Å². The average Bonchev–Trinajstić information content (AvgIpc) is 2.49. The Morgan fingerprint density at radius 1 is 1.22 bits per heavy atom. The fourth-order valence-corrected chi connectivity index (χ4v) is 2.01. The van der Waals surface area contributed by atoms with E-state index in [0.29, 0.717) is 16.3 Å². The molecule has 0 aliphatic rings. The van der Waals surface area contributed by atoms with Crippen LogP contribution in [0.3, 0.4) is 0 Å². The zero-order valence-corrected chi connectivity index (χ0v) is 12.8. The largest absolute Gasteiger partial charge is 0.484 e. The van der Waals surface area contributed by atoms with Gasteiger partial charge in [-0.15, -0.1) is 0 Å². The molecule has 122 valence electrons. The van der Waals surface area contributed by atoms with Gasteiger partial charge in [0, 0.05) is 10.7 Å². The normalized spacial score (nSPS) is 11.2. The lowest BCUT2D eigenvalue weighted by molar-refractivity contribution is -0.137. The molecule has 0 aromatic heterocycles. The number of rotatable bonds is 4. The van der Waals surface area contributed by atoms with Crippen molar-refractivity contribution in [3.63, 3.8) is 0 Å². The Morgan fingerprint density at radius 2 is 1.91 bits per heavy atom. The highest BCUT2D eigenvalue weighted by Crippen LogP contribution is 2.31. The van der Waals surface area contributed by atoms with Crippen molar-refractivity contribution >= 4 is 23.2 Å². The molecule has 2 aromatic carbocycles. The van der Waals surface area contributed by atoms with Crippen LogP contribution in [0, 0.1) is 6.92 Å². The highest BCUT2D eigenvalue weighted by molar-refractivity contribution is 6.31. The molecule has 0 heterocycles. The maximum absolute atomic E-state index is 12.6. The molecular formula is C16H13ClF3NO2. The van der Waals surface area contributed by atoms with Crippen molar-refractivity contribution in [3.8, 4) is 5.75 Å². The van der Waals surface area contributed by atoms with Gasteiger partial charge in [0.25, 0.3) is 5.91 Å². The van der Waals surface area contributed by atoms with Gasteiger partial charge in [-0.3, -0.25) is 4.79 Å². The predicted octanol–water partition coefficient (Wildman–Crippen LogP) is 4.68. The van der Waals surface area contributed by atoms with Gasteiger partial charge in [-0.1, -0.05) is 23.7 Å². The molecule has 0 bridgehead atoms. The molecule has 0 unspecified atom stereocenters. The second-order valence-electron chi connectivity index (χ2n) is 4.77. The van der Waals surface area contributed by atoms with Crippen molar-refractivity contribution in [2.45, 2.75) is 13.1 Å². The Hall–Kier alpha value is -2.21. The van der Waals surface area contributed by atoms with Crippen molar-refractivity contribution in [1.29, 1.82) is 0 Å². The minimum Gasteiger partial charge on any atom is -0.484 e. The zero-order valence-electron chi connectivity index (χ0n) is 12.1. The molecule has 2 rings (SSSR count). The van der Waals surface area contributed by atoms with Crippen molar-refractivity contribution in [2.24, 2.45) is 0 Å². The van der Waals surface area contributed by atoms with Crippen LogP contribution in [0.5, 0.6) is 5.75 Å². The van der Waals surface area contributed by atoms with Crippen LogP contribution in [0.2, 0.25) is 5.02 Å². The number of anilines is 1. The van der Waals surface area contributed by atoms with Gasteiger partial charge in [0.1, 0.15) is 5.75 Å². The number of nitrogens with one attached hydrogen (secondary N) is 1. The molecule has 0 radical (unpaired) electrons. The maximum atomic E-state index is 12.6. The van der Waals surface area contributed by atoms with Crippen molar-refractivity contribution < 1.29 is 22.7 Å². The lowest BCUT2D eigenvalue weighted by atomic mass is 10.2. The summed E-state index contributed by atoms with van der Waals surface area (Å²) in [5.41, 5.74) is 0.387. The first-order chi connectivity index (χ1) is 10.8. The molecule has 0 saturated carbocycles. The van der Waals surface area contributed by atoms with Crippen LogP contribution in [0.25, 0.3) is 0 Å². The molecule has 0 atom stereocenters. The van der Waals surface area contributed by atoms with Gasteiger partial charge in [-0.2, -0.15) is 13.2 Å². The Morgan fingerprint density at radius 3 is 2.61 bits per heavy atom. The Labute approximate surface area is 136 Å². The van der Waals surface area contributed by atoms with E-state index in [1.165, 1.54) is 12.1 Å². The quantitative estimate of drug-likeness (QED) is 0.875. The summed E-state index contributed by atoms with van der Waals surface area (Å²) in [6.45, 7) is 1.33. The Kier molecular flexibility index (Phi) is 5.15. The fraction of sp³-hybridized carbons (Fsp3) is 0.188. The van der Waals surface area contributed by atoms with E-state index in [1.807, 2.05) is 0 Å². The third kappa shape index (κ3) is 4.63. The highest BCUT2D eigenvalue weighted by Gasteiger charge is 2.30. The summed E-state index contributed by atoms with van der Waals surface area (Å²) in [5.74, 6) is -0.523. The third-order valence-corrected chi connectivity index (χ3v) is 3.48. The minimum absolute atomic E-state index is 0.0298. The number of carbonyl (C=O) groups is 1. The summed E-state index contributed by atoms with van der Waals surface area (Å²) in [4.78, 5) is 11.8. The first-order valence-corrected chi connectivity index (χ1v) is 7.00. The minimum atomic E-state index is -4.46. The molecule has 23 heavy (non-hydrogen) atoms. The molecule has 1 amide bonds. The lowest BCUT2D eigenvalue weighted by Gasteiger charge is -2.12. The van der Waals surface area contributed by atoms with Crippen LogP contribution >= 0.6 is 11.6 Å². The molecule has 0 spiro atoms. The number of amides is 1. The molecule has 2 aromatic rings. The van der Waals surface area contributed by atoms with Crippen molar-refractivity contribution in [3.05, 3.63) is 58.6 Å². The third-order valence-electron chi connectivity index (χ3n) is 3.07. The first kappa shape index (κ1) is 17.1. The summed E-state index contributed by atoms with van der Waals surface area (Å²) in [7, 11) is 0. The van der Waals surface area contributed by atoms with Crippen LogP contribution in [0.1, 0.15) is 11.1 Å². The molecule has 0 aliphatic carbocycles. The number of halogens is 4. The number of hydrogen-bond donors (Lipinski definition) is 1. The van der Waals surface area contributed by atoms with Crippen molar-refractivity contribution in [1.82, 2.24) is 0 Å². The number of alkyl halides is 3. The van der Waals surface area contributed by atoms with E-state index in [0.717, 1.165) is 12.1 Å². The van der Waals surface area contributed by atoms with Crippen LogP contribution in [0.4, 0.5) is 18.9 Å². The van der Waals surface area contributed by atoms with E-state index < -0.39 is 24.3 Å². The number of hydrogen-bond acceptors (Lipinski definition) is 2. The Bertz CT molecular complexity index is 717. The van der Waals surface area contributed by atoms with Crippen LogP contribution < -0.4 is 10.1 Å². The molecular weight excluding hydrogens is 331 g/mol. The fourth-order valence-electron chi connectivity index (χ4n) is 1.84. The standard InChI is InChI=1S/C16H13ClF3NO2/c1-10-13(17)6-3-7-14(10)21-15(22)9-23-12-5-2-4-11(8-12)16(18,19)20/h2-8H,9H2,1H3,(H,21,22). The zero-order chi connectivity index (χ0) is 17.0. The molecule has 0 fully saturated rings. The lowest BCUT2D eigenvalue weighted by Crippen LogP contribution is -2.20. The summed E-state index contributed by atoms with van der Waals surface area (Å²) < 4.78 is 42.9. The molecule has 7 heteroatoms. The molecule has 0 aliphatic heterocycles. The van der Waals surface area contributed by atoms with E-state index >= 15 is 0 Å². The SMILES string of the molecule is Cc1c(Cl)cccc1NC(=O)COc1cccc(C(F)(F)F)c1. The summed E-state index contributed by atoms with van der Waals surface area (Å²) in [5, 5.41) is 3.10. The van der Waals surface area contributed by atoms with Crippen LogP contribution in [0.15, 0.2) is 42.5 Å². The van der Waals surface area contributed by atoms with E-state index in [9.17, 15) is 18.0 Å². The van der Waals surface area contributed by atoms with E-state index in [4.69, 9.17) is 16.3 Å². The monoisotopic (exact) mass is 343 g/mol. The number of carbonyl (C=O) groups excluding carboxylic acids is 1. The highest BCUT2D eigenvalue weighted by atomic mass is 35.5. The topological polar surface area (TPSA) is 38.3 Å². The summed E-state index contributed by atoms with van der Waals surface area (Å²) >= 11 is 5.94. The molecule has 0 saturated heterocycles. The van der Waals surface area contributed by atoms with E-state index in [1.54, 1.807) is 25.1 Å². The van der Waals surface area contributed by atoms with Gasteiger partial charge in [0.15, 0.2) is 6.61 Å². The number of benzene rings is 2. The predicted molar refractivity (Wildman–Crippen MR) is 81.8 cm³/mol. The van der Waals surface area contributed by atoms with Gasteiger partial charge in [0.05, 0.1) is 5.56 Å². The van der Waals surface area contributed by atoms with Crippen molar-refractivity contribution in [2.75, 3.05) is 11.9 Å². The van der Waals surface area contributed by atoms with E-state index in [-0.39, 0.29) is 5.75 Å². The average molecular weight is 344 g/mol.